The fourth-order valence-electron chi connectivity index (χ4n) is 5.37. The number of nitrogens with one attached hydrogen (secondary N) is 2. The molecule has 7 N–H and O–H groups in total. The minimum atomic E-state index is -0.990. The second-order valence-corrected chi connectivity index (χ2v) is 12.3. The van der Waals surface area contributed by atoms with Crippen LogP contribution in [-0.2, 0) is 38.6 Å². The quantitative estimate of drug-likeness (QED) is 0.0430. The van der Waals surface area contributed by atoms with Gasteiger partial charge in [0, 0.05) is 29.5 Å². The first-order valence-corrected chi connectivity index (χ1v) is 17.2. The molecule has 0 aliphatic heterocycles. The summed E-state index contributed by atoms with van der Waals surface area (Å²) < 4.78 is 10.3. The Morgan fingerprint density at radius 1 is 0.755 bits per heavy atom. The highest BCUT2D eigenvalue weighted by molar-refractivity contribution is 5.92. The largest absolute Gasteiger partial charge is 0.508 e. The van der Waals surface area contributed by atoms with E-state index >= 15 is 0 Å². The molecule has 0 bridgehead atoms. The summed E-state index contributed by atoms with van der Waals surface area (Å²) in [6.07, 6.45) is 2.74. The molecular formula is C41H44N4O8. The van der Waals surface area contributed by atoms with Gasteiger partial charge in [-0.05, 0) is 73.2 Å². The number of aldehydes is 1. The van der Waals surface area contributed by atoms with Crippen molar-refractivity contribution < 1.29 is 33.4 Å². The van der Waals surface area contributed by atoms with Crippen molar-refractivity contribution in [1.82, 2.24) is 10.6 Å². The van der Waals surface area contributed by atoms with Gasteiger partial charge in [0.05, 0.1) is 6.04 Å². The number of nitrogens with two attached hydrogens (primary N) is 2. The summed E-state index contributed by atoms with van der Waals surface area (Å²) in [7, 11) is 0. The van der Waals surface area contributed by atoms with Gasteiger partial charge in [0.1, 0.15) is 36.3 Å². The topological polar surface area (TPSA) is 204 Å². The minimum absolute atomic E-state index is 0.0767. The van der Waals surface area contributed by atoms with Crippen molar-refractivity contribution >= 4 is 35.0 Å². The number of unbranched alkanes of at least 4 members (excludes halogenated alkanes) is 1. The maximum Gasteiger partial charge on any atom is 0.336 e. The van der Waals surface area contributed by atoms with E-state index in [-0.39, 0.29) is 25.2 Å². The molecule has 12 nitrogen and oxygen atoms in total. The highest BCUT2D eigenvalue weighted by Gasteiger charge is 2.29. The van der Waals surface area contributed by atoms with E-state index in [4.69, 9.17) is 25.7 Å². The van der Waals surface area contributed by atoms with Gasteiger partial charge < -0.3 is 36.4 Å². The van der Waals surface area contributed by atoms with Crippen LogP contribution in [0.4, 0.5) is 0 Å². The first-order chi connectivity index (χ1) is 25.6. The van der Waals surface area contributed by atoms with E-state index in [1.54, 1.807) is 42.5 Å². The number of esters is 1. The lowest BCUT2D eigenvalue weighted by Crippen LogP contribution is -2.55. The lowest BCUT2D eigenvalue weighted by atomic mass is 10.0. The summed E-state index contributed by atoms with van der Waals surface area (Å²) in [5.41, 5.74) is 14.7. The summed E-state index contributed by atoms with van der Waals surface area (Å²) in [6, 6.07) is 30.1. The van der Waals surface area contributed by atoms with Gasteiger partial charge in [0.25, 0.3) is 0 Å². The van der Waals surface area contributed by atoms with Crippen LogP contribution in [0.1, 0.15) is 46.3 Å². The monoisotopic (exact) mass is 720 g/mol. The second kappa shape index (κ2) is 20.7. The van der Waals surface area contributed by atoms with Crippen LogP contribution in [0.5, 0.6) is 5.75 Å². The Bertz CT molecular complexity index is 2000. The van der Waals surface area contributed by atoms with E-state index in [1.807, 2.05) is 60.7 Å². The van der Waals surface area contributed by atoms with Gasteiger partial charge in [0.15, 0.2) is 0 Å². The van der Waals surface area contributed by atoms with Gasteiger partial charge in [-0.2, -0.15) is 0 Å². The number of ether oxygens (including phenoxy) is 1. The van der Waals surface area contributed by atoms with Gasteiger partial charge >= 0.3 is 11.6 Å². The number of rotatable bonds is 16. The lowest BCUT2D eigenvalue weighted by Gasteiger charge is -2.24. The number of carbonyl (C=O) groups is 4. The molecule has 0 fully saturated rings. The third-order valence-corrected chi connectivity index (χ3v) is 8.17. The third-order valence-electron chi connectivity index (χ3n) is 8.17. The SMILES string of the molecule is NCCCCC(NC(=O)C(Cc1ccccc1)NC(=O)C(N)Cc1cccc(C=O)c1)C(=O)OCc1ccccc1.O=c1ccc2ccc(O)cc2o1. The van der Waals surface area contributed by atoms with Crippen LogP contribution in [0, 0.1) is 0 Å². The molecule has 0 radical (unpaired) electrons. The number of carbonyl (C=O) groups excluding carboxylic acids is 4. The molecule has 0 saturated carbocycles. The van der Waals surface area contributed by atoms with Crippen LogP contribution in [0.25, 0.3) is 11.0 Å². The van der Waals surface area contributed by atoms with Crippen molar-refractivity contribution in [1.29, 1.82) is 0 Å². The number of fused-ring (bicyclic) bond motifs is 1. The Kier molecular flexibility index (Phi) is 15.5. The van der Waals surface area contributed by atoms with Gasteiger partial charge in [-0.3, -0.25) is 14.4 Å². The van der Waals surface area contributed by atoms with E-state index in [9.17, 15) is 24.0 Å². The number of hydrogen-bond donors (Lipinski definition) is 5. The molecule has 0 saturated heterocycles. The molecule has 4 aromatic carbocycles. The summed E-state index contributed by atoms with van der Waals surface area (Å²) in [5, 5.41) is 15.4. The van der Waals surface area contributed by atoms with Crippen molar-refractivity contribution in [3.05, 3.63) is 148 Å². The fourth-order valence-corrected chi connectivity index (χ4v) is 5.37. The number of benzene rings is 4. The van der Waals surface area contributed by atoms with Crippen molar-refractivity contribution in [3.8, 4) is 5.75 Å². The first kappa shape index (κ1) is 39.7. The normalized spacial score (nSPS) is 12.3. The Morgan fingerprint density at radius 2 is 1.42 bits per heavy atom. The van der Waals surface area contributed by atoms with E-state index in [2.05, 4.69) is 10.6 Å². The van der Waals surface area contributed by atoms with Crippen molar-refractivity contribution in [2.75, 3.05) is 6.54 Å². The highest BCUT2D eigenvalue weighted by atomic mass is 16.5. The van der Waals surface area contributed by atoms with Gasteiger partial charge in [-0.15, -0.1) is 0 Å². The molecule has 3 unspecified atom stereocenters. The smallest absolute Gasteiger partial charge is 0.336 e. The van der Waals surface area contributed by atoms with Crippen LogP contribution in [0.2, 0.25) is 0 Å². The number of phenolic OH excluding ortho intramolecular Hbond substituents is 1. The summed E-state index contributed by atoms with van der Waals surface area (Å²) in [5.74, 6) is -1.51. The number of aromatic hydroxyl groups is 1. The number of amides is 2. The summed E-state index contributed by atoms with van der Waals surface area (Å²) in [4.78, 5) is 61.5. The molecule has 0 spiro atoms. The predicted molar refractivity (Wildman–Crippen MR) is 201 cm³/mol. The fraction of sp³-hybridized carbons (Fsp3) is 0.244. The van der Waals surface area contributed by atoms with Crippen molar-refractivity contribution in [2.24, 2.45) is 11.5 Å². The van der Waals surface area contributed by atoms with Gasteiger partial charge in [-0.1, -0.05) is 78.9 Å². The zero-order chi connectivity index (χ0) is 38.0. The van der Waals surface area contributed by atoms with Crippen LogP contribution >= 0.6 is 0 Å². The molecule has 5 rings (SSSR count). The average molecular weight is 721 g/mol. The zero-order valence-electron chi connectivity index (χ0n) is 29.2. The Labute approximate surface area is 307 Å². The molecule has 5 aromatic rings. The lowest BCUT2D eigenvalue weighted by molar-refractivity contribution is -0.149. The van der Waals surface area contributed by atoms with Crippen LogP contribution in [0.3, 0.4) is 0 Å². The summed E-state index contributed by atoms with van der Waals surface area (Å²) >= 11 is 0. The van der Waals surface area contributed by atoms with E-state index < -0.39 is 41.5 Å². The molecular weight excluding hydrogens is 676 g/mol. The standard InChI is InChI=1S/C32H38N4O5.C9H6O3/c33-17-8-7-16-28(32(40)41-22-24-12-5-2-6-13-24)35-31(39)29(20-23-10-3-1-4-11-23)36-30(38)27(34)19-25-14-9-15-26(18-25)21-37;10-7-3-1-6-2-4-9(11)12-8(6)5-7/h1-6,9-15,18,21,27-29H,7-8,16-17,19-20,22,33-34H2,(H,35,39)(H,36,38);1-5,10H. The third kappa shape index (κ3) is 13.2. The molecule has 276 valence electrons. The molecule has 53 heavy (non-hydrogen) atoms. The van der Waals surface area contributed by atoms with E-state index in [0.717, 1.165) is 28.4 Å². The highest BCUT2D eigenvalue weighted by Crippen LogP contribution is 2.17. The molecule has 0 aliphatic rings. The number of phenols is 1. The molecule has 2 amide bonds. The molecule has 1 heterocycles. The second-order valence-electron chi connectivity index (χ2n) is 12.3. The van der Waals surface area contributed by atoms with E-state index in [1.165, 1.54) is 12.1 Å². The van der Waals surface area contributed by atoms with Crippen molar-refractivity contribution in [2.45, 2.75) is 56.8 Å². The van der Waals surface area contributed by atoms with Crippen LogP contribution < -0.4 is 27.7 Å². The summed E-state index contributed by atoms with van der Waals surface area (Å²) in [6.45, 7) is 0.535. The molecule has 3 atom stereocenters. The molecule has 1 aromatic heterocycles. The van der Waals surface area contributed by atoms with Gasteiger partial charge in [0.2, 0.25) is 11.8 Å². The first-order valence-electron chi connectivity index (χ1n) is 17.2. The Hall–Kier alpha value is -6.11. The Balaban J connectivity index is 0.000000437. The number of hydrogen-bond acceptors (Lipinski definition) is 10. The van der Waals surface area contributed by atoms with Crippen LogP contribution in [-0.4, -0.2) is 53.8 Å². The average Bonchev–Trinajstić information content (AvgIpc) is 3.17. The molecule has 0 aliphatic carbocycles. The minimum Gasteiger partial charge on any atom is -0.508 e. The zero-order valence-corrected chi connectivity index (χ0v) is 29.2. The van der Waals surface area contributed by atoms with Gasteiger partial charge in [-0.25, -0.2) is 9.59 Å². The maximum atomic E-state index is 13.5. The van der Waals surface area contributed by atoms with E-state index in [0.29, 0.717) is 37.0 Å². The Morgan fingerprint density at radius 3 is 2.11 bits per heavy atom. The van der Waals surface area contributed by atoms with Crippen molar-refractivity contribution in [3.63, 3.8) is 0 Å². The maximum absolute atomic E-state index is 13.5. The molecule has 12 heteroatoms. The predicted octanol–water partition coefficient (Wildman–Crippen LogP) is 3.95. The van der Waals surface area contributed by atoms with Crippen LogP contribution in [0.15, 0.2) is 124 Å².